The van der Waals surface area contributed by atoms with Crippen LogP contribution in [0.2, 0.25) is 0 Å². The molecule has 0 aliphatic heterocycles. The molecule has 0 saturated heterocycles. The molecule has 0 amide bonds. The molecule has 0 atom stereocenters. The van der Waals surface area contributed by atoms with E-state index in [1.54, 1.807) is 0 Å². The first-order valence-corrected chi connectivity index (χ1v) is 18.1. The van der Waals surface area contributed by atoms with Gasteiger partial charge in [0.1, 0.15) is 0 Å². The van der Waals surface area contributed by atoms with Gasteiger partial charge in [0.15, 0.2) is 5.82 Å². The fourth-order valence-corrected chi connectivity index (χ4v) is 7.73. The van der Waals surface area contributed by atoms with Crippen LogP contribution in [-0.4, -0.2) is 19.9 Å². The highest BCUT2D eigenvalue weighted by atomic mass is 14.9. The highest BCUT2D eigenvalue weighted by Crippen LogP contribution is 2.44. The average molecular weight is 689 g/mol. The Hall–Kier alpha value is -7.30. The average Bonchev–Trinajstić information content (AvgIpc) is 3.26. The van der Waals surface area contributed by atoms with E-state index in [9.17, 15) is 0 Å². The summed E-state index contributed by atoms with van der Waals surface area (Å²) in [6.07, 6.45) is 7.46. The molecule has 0 N–H and O–H groups in total. The number of pyridine rings is 2. The minimum absolute atomic E-state index is 0.657. The third-order valence-electron chi connectivity index (χ3n) is 10.3. The Bertz CT molecular complexity index is 2910. The summed E-state index contributed by atoms with van der Waals surface area (Å²) < 4.78 is 0. The Morgan fingerprint density at radius 1 is 0.315 bits per heavy atom. The molecule has 3 heterocycles. The molecule has 7 aromatic carbocycles. The Morgan fingerprint density at radius 3 is 1.56 bits per heavy atom. The van der Waals surface area contributed by atoms with E-state index in [4.69, 9.17) is 9.97 Å². The van der Waals surface area contributed by atoms with Gasteiger partial charge in [-0.3, -0.25) is 9.97 Å². The van der Waals surface area contributed by atoms with Crippen LogP contribution in [0.1, 0.15) is 0 Å². The largest absolute Gasteiger partial charge is 0.265 e. The second-order valence-electron chi connectivity index (χ2n) is 13.5. The molecule has 10 aromatic rings. The molecule has 4 heteroatoms. The van der Waals surface area contributed by atoms with Crippen LogP contribution in [0.15, 0.2) is 195 Å². The van der Waals surface area contributed by atoms with Crippen LogP contribution in [0.4, 0.5) is 0 Å². The fraction of sp³-hybridized carbons (Fsp3) is 0. The molecular weight excluding hydrogens is 657 g/mol. The topological polar surface area (TPSA) is 51.6 Å². The van der Waals surface area contributed by atoms with Gasteiger partial charge >= 0.3 is 0 Å². The van der Waals surface area contributed by atoms with Gasteiger partial charge in [-0.2, -0.15) is 0 Å². The van der Waals surface area contributed by atoms with Crippen molar-refractivity contribution in [1.29, 1.82) is 0 Å². The fourth-order valence-electron chi connectivity index (χ4n) is 7.73. The summed E-state index contributed by atoms with van der Waals surface area (Å²) >= 11 is 0. The predicted molar refractivity (Wildman–Crippen MR) is 223 cm³/mol. The van der Waals surface area contributed by atoms with Crippen molar-refractivity contribution in [3.05, 3.63) is 195 Å². The highest BCUT2D eigenvalue weighted by molar-refractivity contribution is 6.21. The third-order valence-corrected chi connectivity index (χ3v) is 10.3. The van der Waals surface area contributed by atoms with Crippen LogP contribution in [0.5, 0.6) is 0 Å². The van der Waals surface area contributed by atoms with Gasteiger partial charge in [0.25, 0.3) is 0 Å². The minimum Gasteiger partial charge on any atom is -0.265 e. The molecule has 3 aromatic heterocycles. The van der Waals surface area contributed by atoms with Crippen LogP contribution >= 0.6 is 0 Å². The van der Waals surface area contributed by atoms with Gasteiger partial charge in [0, 0.05) is 46.9 Å². The monoisotopic (exact) mass is 688 g/mol. The van der Waals surface area contributed by atoms with E-state index in [2.05, 4.69) is 162 Å². The van der Waals surface area contributed by atoms with Crippen molar-refractivity contribution in [3.8, 4) is 67.3 Å². The molecule has 0 aliphatic carbocycles. The third kappa shape index (κ3) is 5.58. The van der Waals surface area contributed by atoms with E-state index in [0.717, 1.165) is 55.5 Å². The molecule has 0 saturated carbocycles. The SMILES string of the molecule is c1ccc(-c2c3ccccc3c(-c3cccc(-c4nc(-c5ccc(-c6ccncc6)cc5)cc(-c5cncc6ccccc56)n4)c3)c3ccccc23)cc1. The lowest BCUT2D eigenvalue weighted by Gasteiger charge is -2.18. The van der Waals surface area contributed by atoms with Crippen molar-refractivity contribution in [2.24, 2.45) is 0 Å². The van der Waals surface area contributed by atoms with Gasteiger partial charge in [0.2, 0.25) is 0 Å². The van der Waals surface area contributed by atoms with E-state index >= 15 is 0 Å². The van der Waals surface area contributed by atoms with Crippen molar-refractivity contribution in [3.63, 3.8) is 0 Å². The van der Waals surface area contributed by atoms with E-state index < -0.39 is 0 Å². The van der Waals surface area contributed by atoms with Crippen LogP contribution in [0, 0.1) is 0 Å². The van der Waals surface area contributed by atoms with Crippen molar-refractivity contribution in [1.82, 2.24) is 19.9 Å². The van der Waals surface area contributed by atoms with E-state index in [-0.39, 0.29) is 0 Å². The molecular formula is C50H32N4. The lowest BCUT2D eigenvalue weighted by atomic mass is 9.85. The number of benzene rings is 7. The van der Waals surface area contributed by atoms with E-state index in [0.29, 0.717) is 5.82 Å². The zero-order chi connectivity index (χ0) is 35.8. The first kappa shape index (κ1) is 31.4. The number of aromatic nitrogens is 4. The number of fused-ring (bicyclic) bond motifs is 3. The maximum atomic E-state index is 5.27. The maximum absolute atomic E-state index is 5.27. The molecule has 0 aliphatic rings. The number of nitrogens with zero attached hydrogens (tertiary/aromatic N) is 4. The summed E-state index contributed by atoms with van der Waals surface area (Å²) in [5, 5.41) is 7.03. The quantitative estimate of drug-likeness (QED) is 0.163. The minimum atomic E-state index is 0.657. The summed E-state index contributed by atoms with van der Waals surface area (Å²) in [4.78, 5) is 19.3. The number of hydrogen-bond acceptors (Lipinski definition) is 4. The van der Waals surface area contributed by atoms with Crippen molar-refractivity contribution < 1.29 is 0 Å². The summed E-state index contributed by atoms with van der Waals surface area (Å²) in [5.74, 6) is 0.657. The summed E-state index contributed by atoms with van der Waals surface area (Å²) in [6.45, 7) is 0. The normalized spacial score (nSPS) is 11.3. The Kier molecular flexibility index (Phi) is 7.77. The zero-order valence-corrected chi connectivity index (χ0v) is 29.3. The van der Waals surface area contributed by atoms with Crippen molar-refractivity contribution in [2.75, 3.05) is 0 Å². The first-order valence-electron chi connectivity index (χ1n) is 18.1. The predicted octanol–water partition coefficient (Wildman–Crippen LogP) is 12.7. The van der Waals surface area contributed by atoms with Crippen molar-refractivity contribution in [2.45, 2.75) is 0 Å². The van der Waals surface area contributed by atoms with Gasteiger partial charge in [-0.25, -0.2) is 9.97 Å². The summed E-state index contributed by atoms with van der Waals surface area (Å²) in [6, 6.07) is 59.9. The lowest BCUT2D eigenvalue weighted by molar-refractivity contribution is 1.18. The standard InChI is InChI=1S/C50H32N4/c1-2-11-36(12-3-1)48-41-17-6-8-19-43(41)49(44-20-9-7-18-42(44)48)37-14-10-15-38(29-37)50-53-46(35-23-21-33(22-24-35)34-25-27-51-28-26-34)30-47(54-50)45-32-52-31-39-13-4-5-16-40(39)45/h1-32H. The number of hydrogen-bond donors (Lipinski definition) is 0. The van der Waals surface area contributed by atoms with Crippen LogP contribution in [0.3, 0.4) is 0 Å². The molecule has 0 bridgehead atoms. The maximum Gasteiger partial charge on any atom is 0.160 e. The van der Waals surface area contributed by atoms with Crippen LogP contribution in [0.25, 0.3) is 99.6 Å². The zero-order valence-electron chi connectivity index (χ0n) is 29.3. The van der Waals surface area contributed by atoms with Crippen LogP contribution in [-0.2, 0) is 0 Å². The van der Waals surface area contributed by atoms with E-state index in [1.165, 1.54) is 38.2 Å². The summed E-state index contributed by atoms with van der Waals surface area (Å²) in [5.41, 5.74) is 11.6. The molecule has 0 unspecified atom stereocenters. The molecule has 0 fully saturated rings. The van der Waals surface area contributed by atoms with Crippen LogP contribution < -0.4 is 0 Å². The molecule has 4 nitrogen and oxygen atoms in total. The van der Waals surface area contributed by atoms with E-state index in [1.807, 2.05) is 43.0 Å². The molecule has 0 spiro atoms. The lowest BCUT2D eigenvalue weighted by Crippen LogP contribution is -1.97. The highest BCUT2D eigenvalue weighted by Gasteiger charge is 2.18. The Morgan fingerprint density at radius 2 is 0.852 bits per heavy atom. The Labute approximate surface area is 313 Å². The molecule has 54 heavy (non-hydrogen) atoms. The molecule has 10 rings (SSSR count). The van der Waals surface area contributed by atoms with Gasteiger partial charge in [0.05, 0.1) is 11.4 Å². The molecule has 252 valence electrons. The second-order valence-corrected chi connectivity index (χ2v) is 13.5. The molecule has 0 radical (unpaired) electrons. The van der Waals surface area contributed by atoms with Gasteiger partial charge in [-0.1, -0.05) is 146 Å². The smallest absolute Gasteiger partial charge is 0.160 e. The summed E-state index contributed by atoms with van der Waals surface area (Å²) in [7, 11) is 0. The second kappa shape index (κ2) is 13.4. The number of rotatable bonds is 6. The Balaban J connectivity index is 1.17. The van der Waals surface area contributed by atoms with Crippen molar-refractivity contribution >= 4 is 32.3 Å². The first-order chi connectivity index (χ1) is 26.8. The van der Waals surface area contributed by atoms with Gasteiger partial charge in [-0.05, 0) is 84.6 Å². The van der Waals surface area contributed by atoms with Gasteiger partial charge < -0.3 is 0 Å². The van der Waals surface area contributed by atoms with Gasteiger partial charge in [-0.15, -0.1) is 0 Å².